The zero-order valence-corrected chi connectivity index (χ0v) is 13.8. The molecule has 0 aliphatic carbocycles. The lowest BCUT2D eigenvalue weighted by molar-refractivity contribution is -0.132. The molecule has 3 rings (SSSR count). The van der Waals surface area contributed by atoms with Gasteiger partial charge in [0, 0.05) is 25.9 Å². The first kappa shape index (κ1) is 16.0. The highest BCUT2D eigenvalue weighted by Gasteiger charge is 2.22. The van der Waals surface area contributed by atoms with E-state index >= 15 is 0 Å². The van der Waals surface area contributed by atoms with Crippen LogP contribution in [-0.2, 0) is 11.2 Å². The lowest BCUT2D eigenvalue weighted by atomic mass is 9.93. The number of piperidine rings is 1. The van der Waals surface area contributed by atoms with Gasteiger partial charge in [-0.15, -0.1) is 0 Å². The Morgan fingerprint density at radius 3 is 2.87 bits per heavy atom. The third kappa shape index (κ3) is 4.10. The largest absolute Gasteiger partial charge is 0.441 e. The summed E-state index contributed by atoms with van der Waals surface area (Å²) in [5.74, 6) is 1.63. The standard InChI is InChI=1S/C18H25N3O2/c1-19-11-8-14-9-12-21(13-10-14)18(22)7-6-17-20-15-4-2-3-5-16(15)23-17/h2-5,14,19H,6-13H2,1H3. The third-order valence-electron chi connectivity index (χ3n) is 4.66. The number of rotatable bonds is 6. The molecule has 1 aromatic heterocycles. The molecule has 124 valence electrons. The van der Waals surface area contributed by atoms with Gasteiger partial charge in [-0.2, -0.15) is 0 Å². The topological polar surface area (TPSA) is 58.4 Å². The molecule has 5 heteroatoms. The van der Waals surface area contributed by atoms with E-state index in [9.17, 15) is 4.79 Å². The summed E-state index contributed by atoms with van der Waals surface area (Å²) < 4.78 is 5.68. The smallest absolute Gasteiger partial charge is 0.223 e. The lowest BCUT2D eigenvalue weighted by Crippen LogP contribution is -2.39. The van der Waals surface area contributed by atoms with E-state index in [0.29, 0.717) is 18.7 Å². The van der Waals surface area contributed by atoms with Crippen molar-refractivity contribution in [2.75, 3.05) is 26.7 Å². The highest BCUT2D eigenvalue weighted by Crippen LogP contribution is 2.21. The molecule has 1 N–H and O–H groups in total. The fraction of sp³-hybridized carbons (Fsp3) is 0.556. The summed E-state index contributed by atoms with van der Waals surface area (Å²) >= 11 is 0. The Morgan fingerprint density at radius 2 is 2.13 bits per heavy atom. The van der Waals surface area contributed by atoms with Crippen LogP contribution in [0.15, 0.2) is 28.7 Å². The van der Waals surface area contributed by atoms with Crippen molar-refractivity contribution in [2.45, 2.75) is 32.1 Å². The molecule has 0 saturated carbocycles. The van der Waals surface area contributed by atoms with E-state index in [1.54, 1.807) is 0 Å². The molecule has 0 atom stereocenters. The predicted molar refractivity (Wildman–Crippen MR) is 90.2 cm³/mol. The number of oxazole rings is 1. The molecule has 1 saturated heterocycles. The number of nitrogens with one attached hydrogen (secondary N) is 1. The van der Waals surface area contributed by atoms with Crippen molar-refractivity contribution in [3.63, 3.8) is 0 Å². The minimum atomic E-state index is 0.222. The number of aryl methyl sites for hydroxylation is 1. The lowest BCUT2D eigenvalue weighted by Gasteiger charge is -2.32. The summed E-state index contributed by atoms with van der Waals surface area (Å²) in [6.07, 6.45) is 4.51. The zero-order valence-electron chi connectivity index (χ0n) is 13.8. The fourth-order valence-corrected chi connectivity index (χ4v) is 3.22. The van der Waals surface area contributed by atoms with Crippen molar-refractivity contribution in [3.05, 3.63) is 30.2 Å². The van der Waals surface area contributed by atoms with Gasteiger partial charge in [0.15, 0.2) is 11.5 Å². The molecule has 0 radical (unpaired) electrons. The van der Waals surface area contributed by atoms with Crippen molar-refractivity contribution < 1.29 is 9.21 Å². The first-order valence-electron chi connectivity index (χ1n) is 8.53. The van der Waals surface area contributed by atoms with Gasteiger partial charge in [-0.1, -0.05) is 12.1 Å². The number of para-hydroxylation sites is 2. The number of aromatic nitrogens is 1. The van der Waals surface area contributed by atoms with Gasteiger partial charge in [0.1, 0.15) is 5.52 Å². The van der Waals surface area contributed by atoms with Crippen LogP contribution >= 0.6 is 0 Å². The zero-order chi connectivity index (χ0) is 16.1. The second-order valence-electron chi connectivity index (χ2n) is 6.29. The molecule has 23 heavy (non-hydrogen) atoms. The first-order chi connectivity index (χ1) is 11.3. The molecule has 0 unspecified atom stereocenters. The van der Waals surface area contributed by atoms with Crippen molar-refractivity contribution in [2.24, 2.45) is 5.92 Å². The van der Waals surface area contributed by atoms with Crippen LogP contribution in [0.1, 0.15) is 31.6 Å². The van der Waals surface area contributed by atoms with Crippen LogP contribution in [0, 0.1) is 5.92 Å². The SMILES string of the molecule is CNCCC1CCN(C(=O)CCc2nc3ccccc3o2)CC1. The van der Waals surface area contributed by atoms with E-state index in [-0.39, 0.29) is 5.91 Å². The number of hydrogen-bond donors (Lipinski definition) is 1. The first-order valence-corrected chi connectivity index (χ1v) is 8.53. The summed E-state index contributed by atoms with van der Waals surface area (Å²) in [5.41, 5.74) is 1.65. The van der Waals surface area contributed by atoms with E-state index in [1.807, 2.05) is 36.2 Å². The van der Waals surface area contributed by atoms with E-state index in [4.69, 9.17) is 4.42 Å². The van der Waals surface area contributed by atoms with Crippen LogP contribution in [0.5, 0.6) is 0 Å². The molecule has 2 aromatic rings. The molecular weight excluding hydrogens is 290 g/mol. The highest BCUT2D eigenvalue weighted by molar-refractivity contribution is 5.76. The third-order valence-corrected chi connectivity index (χ3v) is 4.66. The van der Waals surface area contributed by atoms with Crippen molar-refractivity contribution in [1.29, 1.82) is 0 Å². The minimum absolute atomic E-state index is 0.222. The Hall–Kier alpha value is -1.88. The summed E-state index contributed by atoms with van der Waals surface area (Å²) in [7, 11) is 1.99. The van der Waals surface area contributed by atoms with Gasteiger partial charge in [0.25, 0.3) is 0 Å². The van der Waals surface area contributed by atoms with E-state index in [2.05, 4.69) is 10.3 Å². The number of hydrogen-bond acceptors (Lipinski definition) is 4. The van der Waals surface area contributed by atoms with Gasteiger partial charge in [0.2, 0.25) is 5.91 Å². The van der Waals surface area contributed by atoms with Crippen LogP contribution in [0.3, 0.4) is 0 Å². The summed E-state index contributed by atoms with van der Waals surface area (Å²) in [6.45, 7) is 2.85. The molecular formula is C18H25N3O2. The molecule has 2 heterocycles. The van der Waals surface area contributed by atoms with E-state index in [0.717, 1.165) is 49.5 Å². The van der Waals surface area contributed by atoms with Gasteiger partial charge < -0.3 is 14.6 Å². The number of likely N-dealkylation sites (tertiary alicyclic amines) is 1. The van der Waals surface area contributed by atoms with Gasteiger partial charge in [-0.3, -0.25) is 4.79 Å². The molecule has 1 amide bonds. The number of carbonyl (C=O) groups is 1. The molecule has 1 aliphatic rings. The summed E-state index contributed by atoms with van der Waals surface area (Å²) in [5, 5.41) is 3.20. The maximum absolute atomic E-state index is 12.4. The Kier molecular flexibility index (Phi) is 5.28. The number of nitrogens with zero attached hydrogens (tertiary/aromatic N) is 2. The fourth-order valence-electron chi connectivity index (χ4n) is 3.22. The van der Waals surface area contributed by atoms with Crippen molar-refractivity contribution in [3.8, 4) is 0 Å². The summed E-state index contributed by atoms with van der Waals surface area (Å²) in [4.78, 5) is 18.8. The van der Waals surface area contributed by atoms with Gasteiger partial charge in [0.05, 0.1) is 0 Å². The molecule has 5 nitrogen and oxygen atoms in total. The van der Waals surface area contributed by atoms with Gasteiger partial charge in [-0.25, -0.2) is 4.98 Å². The average molecular weight is 315 g/mol. The summed E-state index contributed by atoms with van der Waals surface area (Å²) in [6, 6.07) is 7.71. The molecule has 1 aliphatic heterocycles. The maximum Gasteiger partial charge on any atom is 0.223 e. The van der Waals surface area contributed by atoms with E-state index in [1.165, 1.54) is 6.42 Å². The Labute approximate surface area is 137 Å². The molecule has 1 fully saturated rings. The number of amides is 1. The van der Waals surface area contributed by atoms with E-state index < -0.39 is 0 Å². The Bertz CT molecular complexity index is 612. The molecule has 1 aromatic carbocycles. The maximum atomic E-state index is 12.4. The quantitative estimate of drug-likeness (QED) is 0.890. The van der Waals surface area contributed by atoms with Crippen LogP contribution in [0.4, 0.5) is 0 Å². The normalized spacial score (nSPS) is 16.1. The van der Waals surface area contributed by atoms with Crippen LogP contribution in [-0.4, -0.2) is 42.5 Å². The van der Waals surface area contributed by atoms with Gasteiger partial charge >= 0.3 is 0 Å². The molecule has 0 bridgehead atoms. The van der Waals surface area contributed by atoms with Crippen molar-refractivity contribution >= 4 is 17.0 Å². The monoisotopic (exact) mass is 315 g/mol. The van der Waals surface area contributed by atoms with Gasteiger partial charge in [-0.05, 0) is 50.9 Å². The van der Waals surface area contributed by atoms with Crippen LogP contribution in [0.25, 0.3) is 11.1 Å². The second-order valence-corrected chi connectivity index (χ2v) is 6.29. The number of benzene rings is 1. The van der Waals surface area contributed by atoms with Crippen LogP contribution < -0.4 is 5.32 Å². The number of carbonyl (C=O) groups excluding carboxylic acids is 1. The highest BCUT2D eigenvalue weighted by atomic mass is 16.3. The minimum Gasteiger partial charge on any atom is -0.441 e. The molecule has 0 spiro atoms. The predicted octanol–water partition coefficient (Wildman–Crippen LogP) is 2.61. The second kappa shape index (κ2) is 7.59. The number of fused-ring (bicyclic) bond motifs is 1. The Morgan fingerprint density at radius 1 is 1.35 bits per heavy atom. The van der Waals surface area contributed by atoms with Crippen LogP contribution in [0.2, 0.25) is 0 Å². The average Bonchev–Trinajstić information content (AvgIpc) is 3.01. The Balaban J connectivity index is 1.46. The van der Waals surface area contributed by atoms with Crippen molar-refractivity contribution in [1.82, 2.24) is 15.2 Å².